The number of esters is 1. The summed E-state index contributed by atoms with van der Waals surface area (Å²) in [5.41, 5.74) is 3.78. The van der Waals surface area contributed by atoms with Crippen molar-refractivity contribution < 1.29 is 31.9 Å². The third-order valence-electron chi connectivity index (χ3n) is 2.97. The van der Waals surface area contributed by atoms with Crippen molar-refractivity contribution in [1.82, 2.24) is 4.98 Å². The van der Waals surface area contributed by atoms with Gasteiger partial charge in [-0.05, 0) is 18.2 Å². The highest BCUT2D eigenvalue weighted by Crippen LogP contribution is 2.35. The minimum atomic E-state index is -4.74. The molecule has 2 N–H and O–H groups in total. The summed E-state index contributed by atoms with van der Waals surface area (Å²) in [5, 5.41) is 0.225. The van der Waals surface area contributed by atoms with E-state index >= 15 is 0 Å². The van der Waals surface area contributed by atoms with Crippen LogP contribution in [0.4, 0.5) is 17.6 Å². The van der Waals surface area contributed by atoms with Crippen LogP contribution in [0.2, 0.25) is 0 Å². The van der Waals surface area contributed by atoms with Crippen LogP contribution in [0.15, 0.2) is 18.2 Å². The van der Waals surface area contributed by atoms with Gasteiger partial charge in [-0.1, -0.05) is 0 Å². The zero-order chi connectivity index (χ0) is 18.8. The second kappa shape index (κ2) is 7.18. The molecule has 0 radical (unpaired) electrons. The van der Waals surface area contributed by atoms with E-state index in [9.17, 15) is 27.2 Å². The molecule has 0 unspecified atom stereocenters. The largest absolute Gasteiger partial charge is 0.460 e. The van der Waals surface area contributed by atoms with Crippen LogP contribution in [-0.4, -0.2) is 16.9 Å². The summed E-state index contributed by atoms with van der Waals surface area (Å²) in [7, 11) is 0. The van der Waals surface area contributed by atoms with E-state index in [-0.39, 0.29) is 34.2 Å². The number of halogens is 4. The Morgan fingerprint density at radius 2 is 1.96 bits per heavy atom. The van der Waals surface area contributed by atoms with Gasteiger partial charge >= 0.3 is 12.1 Å². The predicted molar refractivity (Wildman–Crippen MR) is 80.9 cm³/mol. The van der Waals surface area contributed by atoms with E-state index in [2.05, 4.69) is 4.98 Å². The SMILES string of the molecule is CC(=O)OCc1sc(CC(N)=O)nc1-c1cc(F)cc(C(F)(F)F)c1. The Balaban J connectivity index is 2.52. The number of hydrogen-bond donors (Lipinski definition) is 1. The first kappa shape index (κ1) is 18.8. The van der Waals surface area contributed by atoms with Gasteiger partial charge in [0.2, 0.25) is 5.91 Å². The molecule has 0 saturated heterocycles. The van der Waals surface area contributed by atoms with Crippen molar-refractivity contribution in [2.45, 2.75) is 26.1 Å². The molecule has 0 aliphatic rings. The Kier molecular flexibility index (Phi) is 5.41. The predicted octanol–water partition coefficient (Wildman–Crippen LogP) is 3.06. The number of carbonyl (C=O) groups excluding carboxylic acids is 2. The van der Waals surface area contributed by atoms with E-state index < -0.39 is 29.4 Å². The number of alkyl halides is 3. The van der Waals surface area contributed by atoms with Gasteiger partial charge in [0.25, 0.3) is 0 Å². The highest BCUT2D eigenvalue weighted by atomic mass is 32.1. The Labute approximate surface area is 143 Å². The van der Waals surface area contributed by atoms with Crippen molar-refractivity contribution in [3.8, 4) is 11.3 Å². The summed E-state index contributed by atoms with van der Waals surface area (Å²) in [5.74, 6) is -2.38. The number of hydrogen-bond acceptors (Lipinski definition) is 5. The van der Waals surface area contributed by atoms with Crippen molar-refractivity contribution in [3.63, 3.8) is 0 Å². The van der Waals surface area contributed by atoms with E-state index in [1.807, 2.05) is 0 Å². The van der Waals surface area contributed by atoms with Crippen LogP contribution in [-0.2, 0) is 33.5 Å². The monoisotopic (exact) mass is 376 g/mol. The molecule has 0 bridgehead atoms. The molecule has 2 aromatic rings. The second-order valence-corrected chi connectivity index (χ2v) is 6.20. The first-order valence-corrected chi connectivity index (χ1v) is 7.66. The molecule has 25 heavy (non-hydrogen) atoms. The van der Waals surface area contributed by atoms with E-state index in [0.29, 0.717) is 6.07 Å². The maximum Gasteiger partial charge on any atom is 0.416 e. The minimum Gasteiger partial charge on any atom is -0.460 e. The van der Waals surface area contributed by atoms with Crippen LogP contribution in [0, 0.1) is 5.82 Å². The quantitative estimate of drug-likeness (QED) is 0.642. The number of rotatable bonds is 5. The molecule has 5 nitrogen and oxygen atoms in total. The standard InChI is InChI=1S/C15H12F4N2O3S/c1-7(22)24-6-11-14(21-13(25-11)5-12(20)23)8-2-9(15(17,18)19)4-10(16)3-8/h2-4H,5-6H2,1H3,(H2,20,23). The molecule has 1 aromatic heterocycles. The summed E-state index contributed by atoms with van der Waals surface area (Å²) < 4.78 is 57.1. The fourth-order valence-corrected chi connectivity index (χ4v) is 3.02. The number of aromatic nitrogens is 1. The molecule has 1 heterocycles. The zero-order valence-corrected chi connectivity index (χ0v) is 13.6. The fraction of sp³-hybridized carbons (Fsp3) is 0.267. The Bertz CT molecular complexity index is 818. The minimum absolute atomic E-state index is 0.00694. The Hall–Kier alpha value is -2.49. The van der Waals surface area contributed by atoms with E-state index in [1.165, 1.54) is 0 Å². The molecule has 0 fully saturated rings. The van der Waals surface area contributed by atoms with Gasteiger partial charge in [-0.15, -0.1) is 11.3 Å². The number of amides is 1. The summed E-state index contributed by atoms with van der Waals surface area (Å²) in [6.45, 7) is 0.897. The van der Waals surface area contributed by atoms with Gasteiger partial charge in [-0.3, -0.25) is 9.59 Å². The molecule has 1 aromatic carbocycles. The highest BCUT2D eigenvalue weighted by molar-refractivity contribution is 7.12. The van der Waals surface area contributed by atoms with Crippen molar-refractivity contribution in [3.05, 3.63) is 39.5 Å². The number of carbonyl (C=O) groups is 2. The highest BCUT2D eigenvalue weighted by Gasteiger charge is 2.32. The number of benzene rings is 1. The van der Waals surface area contributed by atoms with Crippen LogP contribution in [0.25, 0.3) is 11.3 Å². The lowest BCUT2D eigenvalue weighted by Gasteiger charge is -2.09. The smallest absolute Gasteiger partial charge is 0.416 e. The first-order chi connectivity index (χ1) is 11.6. The Morgan fingerprint density at radius 3 is 2.52 bits per heavy atom. The van der Waals surface area contributed by atoms with Crippen LogP contribution in [0.3, 0.4) is 0 Å². The van der Waals surface area contributed by atoms with Gasteiger partial charge in [0, 0.05) is 12.5 Å². The molecule has 0 aliphatic heterocycles. The summed E-state index contributed by atoms with van der Waals surface area (Å²) in [6, 6.07) is 1.99. The number of nitrogens with zero attached hydrogens (tertiary/aromatic N) is 1. The third-order valence-corrected chi connectivity index (χ3v) is 4.00. The molecule has 1 amide bonds. The third kappa shape index (κ3) is 4.99. The van der Waals surface area contributed by atoms with Crippen LogP contribution < -0.4 is 5.73 Å². The van der Waals surface area contributed by atoms with E-state index in [1.54, 1.807) is 0 Å². The number of nitrogens with two attached hydrogens (primary N) is 1. The van der Waals surface area contributed by atoms with Gasteiger partial charge in [-0.2, -0.15) is 13.2 Å². The number of thiazole rings is 1. The second-order valence-electron chi connectivity index (χ2n) is 5.03. The van der Waals surface area contributed by atoms with Crippen LogP contribution in [0.1, 0.15) is 22.4 Å². The average molecular weight is 376 g/mol. The number of primary amides is 1. The van der Waals surface area contributed by atoms with Gasteiger partial charge in [-0.25, -0.2) is 9.37 Å². The summed E-state index contributed by atoms with van der Waals surface area (Å²) in [4.78, 5) is 26.3. The Morgan fingerprint density at radius 1 is 1.28 bits per heavy atom. The molecular formula is C15H12F4N2O3S. The van der Waals surface area contributed by atoms with Crippen LogP contribution >= 0.6 is 11.3 Å². The molecule has 10 heteroatoms. The fourth-order valence-electron chi connectivity index (χ4n) is 2.01. The molecular weight excluding hydrogens is 364 g/mol. The lowest BCUT2D eigenvalue weighted by molar-refractivity contribution is -0.142. The molecule has 0 spiro atoms. The average Bonchev–Trinajstić information content (AvgIpc) is 2.85. The first-order valence-electron chi connectivity index (χ1n) is 6.84. The van der Waals surface area contributed by atoms with Gasteiger partial charge in [0.1, 0.15) is 17.4 Å². The maximum atomic E-state index is 13.6. The topological polar surface area (TPSA) is 82.3 Å². The van der Waals surface area contributed by atoms with E-state index in [0.717, 1.165) is 30.4 Å². The maximum absolute atomic E-state index is 13.6. The van der Waals surface area contributed by atoms with Crippen molar-refractivity contribution in [1.29, 1.82) is 0 Å². The van der Waals surface area contributed by atoms with Crippen LogP contribution in [0.5, 0.6) is 0 Å². The molecule has 134 valence electrons. The summed E-state index contributed by atoms with van der Waals surface area (Å²) >= 11 is 0.951. The molecule has 2 rings (SSSR count). The van der Waals surface area contributed by atoms with Gasteiger partial charge in [0.05, 0.1) is 22.6 Å². The molecule has 0 atom stereocenters. The lowest BCUT2D eigenvalue weighted by atomic mass is 10.1. The molecule has 0 aliphatic carbocycles. The normalized spacial score (nSPS) is 11.4. The van der Waals surface area contributed by atoms with E-state index in [4.69, 9.17) is 10.5 Å². The van der Waals surface area contributed by atoms with Crippen molar-refractivity contribution in [2.24, 2.45) is 5.73 Å². The van der Waals surface area contributed by atoms with Crippen molar-refractivity contribution >= 4 is 23.2 Å². The number of ether oxygens (including phenoxy) is 1. The van der Waals surface area contributed by atoms with Crippen molar-refractivity contribution in [2.75, 3.05) is 0 Å². The van der Waals surface area contributed by atoms with Gasteiger partial charge in [0.15, 0.2) is 0 Å². The molecule has 0 saturated carbocycles. The van der Waals surface area contributed by atoms with Gasteiger partial charge < -0.3 is 10.5 Å². The summed E-state index contributed by atoms with van der Waals surface area (Å²) in [6.07, 6.45) is -4.97. The lowest BCUT2D eigenvalue weighted by Crippen LogP contribution is -2.13. The zero-order valence-electron chi connectivity index (χ0n) is 12.8.